The summed E-state index contributed by atoms with van der Waals surface area (Å²) in [6.45, 7) is 2.28. The maximum absolute atomic E-state index is 12.2. The van der Waals surface area contributed by atoms with Crippen molar-refractivity contribution in [3.05, 3.63) is 42.0 Å². The highest BCUT2D eigenvalue weighted by Gasteiger charge is 2.83. The summed E-state index contributed by atoms with van der Waals surface area (Å²) >= 11 is 0. The van der Waals surface area contributed by atoms with Gasteiger partial charge in [0.05, 0.1) is 0 Å². The number of aryl methyl sites for hydroxylation is 1. The monoisotopic (exact) mass is 598 g/mol. The molecule has 1 fully saturated rings. The molecule has 0 saturated carbocycles. The number of alkyl halides is 9. The topological polar surface area (TPSA) is 57.2 Å². The lowest BCUT2D eigenvalue weighted by atomic mass is 10.0. The minimum atomic E-state index is -7.43. The number of rotatable bonds is 9. The van der Waals surface area contributed by atoms with Crippen LogP contribution < -0.4 is 0 Å². The van der Waals surface area contributed by atoms with Gasteiger partial charge in [-0.25, -0.2) is 8.42 Å². The number of fused-ring (bicyclic) bond motifs is 1. The van der Waals surface area contributed by atoms with Crippen LogP contribution in [0.1, 0.15) is 51.0 Å². The summed E-state index contributed by atoms with van der Waals surface area (Å²) in [5.41, 5.74) is 1.51. The first kappa shape index (κ1) is 32.5. The Kier molecular flexibility index (Phi) is 10.5. The van der Waals surface area contributed by atoms with Crippen LogP contribution in [-0.2, 0) is 27.4 Å². The molecule has 2 aromatic rings. The summed E-state index contributed by atoms with van der Waals surface area (Å²) in [6.07, 6.45) is 2.33. The van der Waals surface area contributed by atoms with E-state index in [4.69, 9.17) is 0 Å². The summed E-state index contributed by atoms with van der Waals surface area (Å²) in [4.78, 5) is 1.59. The molecule has 0 atom stereocenters. The van der Waals surface area contributed by atoms with Gasteiger partial charge in [-0.15, -0.1) is 0 Å². The second-order valence-corrected chi connectivity index (χ2v) is 12.6. The molecule has 2 aromatic carbocycles. The van der Waals surface area contributed by atoms with Crippen molar-refractivity contribution in [2.75, 3.05) is 11.5 Å². The molecule has 0 radical (unpaired) electrons. The van der Waals surface area contributed by atoms with Crippen LogP contribution >= 0.6 is 0 Å². The van der Waals surface area contributed by atoms with Crippen LogP contribution in [0.3, 0.4) is 0 Å². The average Bonchev–Trinajstić information content (AvgIpc) is 3.35. The highest BCUT2D eigenvalue weighted by molar-refractivity contribution is 7.97. The van der Waals surface area contributed by atoms with Crippen LogP contribution in [0.2, 0.25) is 0 Å². The SMILES string of the molecule is CCCCCCc1ccc2cc([S+]3CCCC3)ccc2c1.O=S(=O)([O-])C(F)(F)C(F)(F)C(F)(F)C(F)(F)F. The van der Waals surface area contributed by atoms with Gasteiger partial charge in [0.1, 0.15) is 11.5 Å². The van der Waals surface area contributed by atoms with Gasteiger partial charge in [0.25, 0.3) is 0 Å². The lowest BCUT2D eigenvalue weighted by Gasteiger charge is -2.34. The van der Waals surface area contributed by atoms with E-state index in [1.807, 2.05) is 0 Å². The van der Waals surface area contributed by atoms with Crippen molar-refractivity contribution in [2.24, 2.45) is 0 Å². The van der Waals surface area contributed by atoms with Crippen LogP contribution in [0.25, 0.3) is 10.8 Å². The van der Waals surface area contributed by atoms with Crippen molar-refractivity contribution in [1.82, 2.24) is 0 Å². The molecule has 216 valence electrons. The van der Waals surface area contributed by atoms with Gasteiger partial charge in [0.2, 0.25) is 0 Å². The van der Waals surface area contributed by atoms with E-state index in [9.17, 15) is 52.5 Å². The third-order valence-corrected chi connectivity index (χ3v) is 9.36. The minimum absolute atomic E-state index is 0.541. The third-order valence-electron chi connectivity index (χ3n) is 5.99. The fraction of sp³-hybridized carbons (Fsp3) is 0.583. The molecular weight excluding hydrogens is 571 g/mol. The van der Waals surface area contributed by atoms with E-state index in [0.29, 0.717) is 10.9 Å². The van der Waals surface area contributed by atoms with Crippen molar-refractivity contribution in [3.63, 3.8) is 0 Å². The molecule has 0 N–H and O–H groups in total. The van der Waals surface area contributed by atoms with Gasteiger partial charge in [-0.3, -0.25) is 0 Å². The highest BCUT2D eigenvalue weighted by Crippen LogP contribution is 2.54. The predicted octanol–water partition coefficient (Wildman–Crippen LogP) is 7.69. The number of halogens is 9. The molecule has 0 amide bonds. The van der Waals surface area contributed by atoms with E-state index in [-0.39, 0.29) is 0 Å². The van der Waals surface area contributed by atoms with Crippen molar-refractivity contribution in [1.29, 1.82) is 0 Å². The van der Waals surface area contributed by atoms with Crippen LogP contribution in [0.5, 0.6) is 0 Å². The molecule has 1 saturated heterocycles. The molecule has 38 heavy (non-hydrogen) atoms. The molecule has 3 nitrogen and oxygen atoms in total. The molecule has 1 heterocycles. The molecule has 14 heteroatoms. The first-order valence-electron chi connectivity index (χ1n) is 11.7. The Morgan fingerprint density at radius 3 is 1.87 bits per heavy atom. The van der Waals surface area contributed by atoms with Gasteiger partial charge >= 0.3 is 23.3 Å². The summed E-state index contributed by atoms with van der Waals surface area (Å²) in [5, 5.41) is -4.25. The Morgan fingerprint density at radius 1 is 0.789 bits per heavy atom. The second kappa shape index (κ2) is 12.2. The van der Waals surface area contributed by atoms with E-state index >= 15 is 0 Å². The summed E-state index contributed by atoms with van der Waals surface area (Å²) < 4.78 is 135. The van der Waals surface area contributed by atoms with Gasteiger partial charge in [0.15, 0.2) is 15.0 Å². The minimum Gasteiger partial charge on any atom is -0.743 e. The summed E-state index contributed by atoms with van der Waals surface area (Å²) in [7, 11) is -6.88. The Bertz CT molecular complexity index is 1180. The first-order valence-corrected chi connectivity index (χ1v) is 14.7. The van der Waals surface area contributed by atoms with E-state index in [0.717, 1.165) is 0 Å². The lowest BCUT2D eigenvalue weighted by Crippen LogP contribution is -2.63. The molecule has 1 aliphatic rings. The van der Waals surface area contributed by atoms with Crippen LogP contribution in [0, 0.1) is 0 Å². The van der Waals surface area contributed by atoms with Crippen molar-refractivity contribution >= 4 is 31.8 Å². The second-order valence-electron chi connectivity index (χ2n) is 8.88. The highest BCUT2D eigenvalue weighted by atomic mass is 32.2. The lowest BCUT2D eigenvalue weighted by molar-refractivity contribution is -0.382. The molecule has 1 aliphatic heterocycles. The largest absolute Gasteiger partial charge is 0.743 e. The van der Waals surface area contributed by atoms with Gasteiger partial charge < -0.3 is 4.55 Å². The van der Waals surface area contributed by atoms with Gasteiger partial charge in [0, 0.05) is 17.0 Å². The molecule has 0 unspecified atom stereocenters. The predicted molar refractivity (Wildman–Crippen MR) is 127 cm³/mol. The Labute approximate surface area is 217 Å². The zero-order valence-corrected chi connectivity index (χ0v) is 21.9. The zero-order chi connectivity index (χ0) is 29.0. The maximum Gasteiger partial charge on any atom is 0.460 e. The fourth-order valence-electron chi connectivity index (χ4n) is 3.77. The van der Waals surface area contributed by atoms with Gasteiger partial charge in [-0.1, -0.05) is 44.4 Å². The Morgan fingerprint density at radius 2 is 1.34 bits per heavy atom. The summed E-state index contributed by atoms with van der Waals surface area (Å²) in [6, 6.07) is 14.3. The van der Waals surface area contributed by atoms with Gasteiger partial charge in [-0.05, 0) is 54.2 Å². The quantitative estimate of drug-likeness (QED) is 0.129. The van der Waals surface area contributed by atoms with Crippen molar-refractivity contribution < 1.29 is 52.5 Å². The van der Waals surface area contributed by atoms with Crippen molar-refractivity contribution in [3.8, 4) is 0 Å². The molecule has 0 aliphatic carbocycles. The maximum atomic E-state index is 12.2. The van der Waals surface area contributed by atoms with E-state index < -0.39 is 33.4 Å². The first-order chi connectivity index (χ1) is 17.4. The zero-order valence-electron chi connectivity index (χ0n) is 20.3. The van der Waals surface area contributed by atoms with Crippen LogP contribution in [-0.4, -0.2) is 47.8 Å². The Balaban J connectivity index is 0.000000275. The number of hydrogen-bond donors (Lipinski definition) is 0. The van der Waals surface area contributed by atoms with Crippen molar-refractivity contribution in [2.45, 2.75) is 80.0 Å². The normalized spacial score (nSPS) is 16.0. The smallest absolute Gasteiger partial charge is 0.460 e. The number of unbranched alkanes of at least 4 members (excludes halogenated alkanes) is 3. The molecular formula is C24H27F9O3S2. The molecule has 0 bridgehead atoms. The molecule has 3 rings (SSSR count). The van der Waals surface area contributed by atoms with Crippen LogP contribution in [0.4, 0.5) is 39.5 Å². The third kappa shape index (κ3) is 7.09. The molecule has 0 aromatic heterocycles. The molecule has 0 spiro atoms. The van der Waals surface area contributed by atoms with Crippen LogP contribution in [0.15, 0.2) is 41.3 Å². The fourth-order valence-corrected chi connectivity index (χ4v) is 6.55. The number of hydrogen-bond acceptors (Lipinski definition) is 3. The van der Waals surface area contributed by atoms with E-state index in [1.165, 1.54) is 72.8 Å². The average molecular weight is 599 g/mol. The van der Waals surface area contributed by atoms with Gasteiger partial charge in [-0.2, -0.15) is 39.5 Å². The van der Waals surface area contributed by atoms with E-state index in [1.54, 1.807) is 4.90 Å². The standard InChI is InChI=1S/C20H27S.C4HF9O3S/c1-2-3-4-5-8-17-9-10-19-16-20(12-11-18(19)15-17)21-13-6-7-14-21;5-1(6,3(9,10)11)2(7,8)4(12,13)17(14,15)16/h9-12,15-16H,2-8,13-14H2,1H3;(H,14,15,16)/q+1;/p-1. The summed E-state index contributed by atoms with van der Waals surface area (Å²) in [5.74, 6) is -12.0. The van der Waals surface area contributed by atoms with E-state index in [2.05, 4.69) is 43.3 Å². The number of benzene rings is 2. The Hall–Kier alpha value is -1.67.